The number of likely N-dealkylation sites (N-methyl/N-ethyl adjacent to an activating group) is 1. The molecule has 0 aliphatic carbocycles. The van der Waals surface area contributed by atoms with Crippen molar-refractivity contribution in [3.05, 3.63) is 120 Å². The fourth-order valence-electron chi connectivity index (χ4n) is 4.24. The van der Waals surface area contributed by atoms with Crippen molar-refractivity contribution < 1.29 is 22.7 Å². The molecule has 0 radical (unpaired) electrons. The predicted octanol–water partition coefficient (Wildman–Crippen LogP) is 5.15. The molecule has 1 N–H and O–H groups in total. The molecule has 4 aromatic rings. The number of para-hydroxylation sites is 1. The quantitative estimate of drug-likeness (QED) is 0.269. The Morgan fingerprint density at radius 2 is 1.37 bits per heavy atom. The van der Waals surface area contributed by atoms with Crippen LogP contribution >= 0.6 is 0 Å². The molecule has 8 nitrogen and oxygen atoms in total. The lowest BCUT2D eigenvalue weighted by molar-refractivity contribution is -0.139. The first kappa shape index (κ1) is 29.4. The Morgan fingerprint density at radius 3 is 1.95 bits per heavy atom. The maximum absolute atomic E-state index is 13.9. The van der Waals surface area contributed by atoms with Crippen LogP contribution in [0.1, 0.15) is 18.1 Å². The minimum absolute atomic E-state index is 0.0434. The fraction of sp³-hybridized carbons (Fsp3) is 0.188. The zero-order chi connectivity index (χ0) is 29.4. The number of nitrogens with one attached hydrogen (secondary N) is 1. The van der Waals surface area contributed by atoms with Crippen LogP contribution in [0, 0.1) is 6.92 Å². The third-order valence-electron chi connectivity index (χ3n) is 6.60. The molecule has 9 heteroatoms. The van der Waals surface area contributed by atoms with E-state index in [9.17, 15) is 18.0 Å². The van der Waals surface area contributed by atoms with Gasteiger partial charge in [-0.05, 0) is 67.9 Å². The minimum Gasteiger partial charge on any atom is -0.457 e. The van der Waals surface area contributed by atoms with E-state index in [1.807, 2.05) is 61.5 Å². The van der Waals surface area contributed by atoms with E-state index in [2.05, 4.69) is 5.32 Å². The van der Waals surface area contributed by atoms with Crippen LogP contribution < -0.4 is 14.4 Å². The van der Waals surface area contributed by atoms with Gasteiger partial charge in [0.1, 0.15) is 24.1 Å². The number of hydrogen-bond acceptors (Lipinski definition) is 5. The molecule has 4 rings (SSSR count). The predicted molar refractivity (Wildman–Crippen MR) is 159 cm³/mol. The van der Waals surface area contributed by atoms with Gasteiger partial charge in [-0.2, -0.15) is 0 Å². The van der Waals surface area contributed by atoms with Crippen molar-refractivity contribution in [1.82, 2.24) is 10.2 Å². The van der Waals surface area contributed by atoms with Gasteiger partial charge in [-0.25, -0.2) is 8.42 Å². The molecule has 0 bridgehead atoms. The fourth-order valence-corrected chi connectivity index (χ4v) is 5.67. The Bertz CT molecular complexity index is 1560. The summed E-state index contributed by atoms with van der Waals surface area (Å²) in [6.07, 6.45) is 0. The molecule has 1 atom stereocenters. The average Bonchev–Trinajstić information content (AvgIpc) is 3.00. The van der Waals surface area contributed by atoms with Crippen molar-refractivity contribution in [1.29, 1.82) is 0 Å². The smallest absolute Gasteiger partial charge is 0.264 e. The van der Waals surface area contributed by atoms with Crippen LogP contribution in [0.25, 0.3) is 0 Å². The molecule has 2 amide bonds. The first-order chi connectivity index (χ1) is 19.7. The molecule has 41 heavy (non-hydrogen) atoms. The van der Waals surface area contributed by atoms with E-state index < -0.39 is 28.5 Å². The van der Waals surface area contributed by atoms with E-state index in [-0.39, 0.29) is 23.0 Å². The summed E-state index contributed by atoms with van der Waals surface area (Å²) in [6, 6.07) is 30.4. The Labute approximate surface area is 241 Å². The number of aryl methyl sites for hydroxylation is 1. The topological polar surface area (TPSA) is 96.0 Å². The van der Waals surface area contributed by atoms with E-state index >= 15 is 0 Å². The van der Waals surface area contributed by atoms with Crippen LogP contribution in [0.2, 0.25) is 0 Å². The number of sulfonamides is 1. The number of carbonyl (C=O) groups excluding carboxylic acids is 2. The lowest BCUT2D eigenvalue weighted by atomic mass is 10.1. The van der Waals surface area contributed by atoms with E-state index in [4.69, 9.17) is 4.74 Å². The third-order valence-corrected chi connectivity index (χ3v) is 8.39. The summed E-state index contributed by atoms with van der Waals surface area (Å²) >= 11 is 0. The van der Waals surface area contributed by atoms with Crippen molar-refractivity contribution in [2.24, 2.45) is 0 Å². The van der Waals surface area contributed by atoms with Crippen molar-refractivity contribution in [3.8, 4) is 11.5 Å². The molecule has 0 aromatic heterocycles. The van der Waals surface area contributed by atoms with Gasteiger partial charge < -0.3 is 15.0 Å². The summed E-state index contributed by atoms with van der Waals surface area (Å²) in [7, 11) is -2.64. The summed E-state index contributed by atoms with van der Waals surface area (Å²) in [6.45, 7) is 3.21. The summed E-state index contributed by atoms with van der Waals surface area (Å²) in [5, 5.41) is 2.58. The van der Waals surface area contributed by atoms with Crippen LogP contribution in [0.3, 0.4) is 0 Å². The first-order valence-electron chi connectivity index (χ1n) is 13.2. The van der Waals surface area contributed by atoms with E-state index in [1.165, 1.54) is 24.1 Å². The zero-order valence-electron chi connectivity index (χ0n) is 23.2. The SMILES string of the molecule is CNC(=O)C(C)N(Cc1ccc(C)cc1)C(=O)CN(c1ccc(Oc2ccccc2)cc1)S(=O)(=O)c1ccccc1. The number of amides is 2. The van der Waals surface area contributed by atoms with E-state index in [0.717, 1.165) is 15.4 Å². The van der Waals surface area contributed by atoms with Gasteiger partial charge in [0.15, 0.2) is 0 Å². The van der Waals surface area contributed by atoms with E-state index in [0.29, 0.717) is 11.5 Å². The highest BCUT2D eigenvalue weighted by atomic mass is 32.2. The summed E-state index contributed by atoms with van der Waals surface area (Å²) < 4.78 is 34.7. The van der Waals surface area contributed by atoms with Crippen molar-refractivity contribution in [2.75, 3.05) is 17.9 Å². The number of benzene rings is 4. The van der Waals surface area contributed by atoms with Crippen LogP contribution in [0.15, 0.2) is 114 Å². The second kappa shape index (κ2) is 13.1. The summed E-state index contributed by atoms with van der Waals surface area (Å²) in [5.74, 6) is 0.271. The molecule has 0 saturated carbocycles. The highest BCUT2D eigenvalue weighted by Crippen LogP contribution is 2.28. The molecule has 0 heterocycles. The monoisotopic (exact) mass is 571 g/mol. The highest BCUT2D eigenvalue weighted by molar-refractivity contribution is 7.92. The molecule has 4 aromatic carbocycles. The van der Waals surface area contributed by atoms with Gasteiger partial charge in [-0.1, -0.05) is 66.2 Å². The number of carbonyl (C=O) groups is 2. The summed E-state index contributed by atoms with van der Waals surface area (Å²) in [4.78, 5) is 27.9. The number of ether oxygens (including phenoxy) is 1. The molecular weight excluding hydrogens is 538 g/mol. The Kier molecular flexibility index (Phi) is 9.41. The second-order valence-corrected chi connectivity index (χ2v) is 11.4. The van der Waals surface area contributed by atoms with Gasteiger partial charge in [-0.3, -0.25) is 13.9 Å². The Morgan fingerprint density at radius 1 is 0.805 bits per heavy atom. The average molecular weight is 572 g/mol. The van der Waals surface area contributed by atoms with Crippen LogP contribution in [-0.4, -0.2) is 44.8 Å². The molecule has 0 saturated heterocycles. The maximum Gasteiger partial charge on any atom is 0.264 e. The van der Waals surface area contributed by atoms with Crippen LogP contribution in [0.4, 0.5) is 5.69 Å². The normalized spacial score (nSPS) is 11.8. The summed E-state index contributed by atoms with van der Waals surface area (Å²) in [5.41, 5.74) is 2.16. The molecule has 1 unspecified atom stereocenters. The number of rotatable bonds is 11. The standard InChI is InChI=1S/C32H33N3O5S/c1-24-14-16-26(17-15-24)22-34(25(2)32(37)33-3)31(36)23-35(41(38,39)30-12-8-5-9-13-30)27-18-20-29(21-19-27)40-28-10-6-4-7-11-28/h4-21,25H,22-23H2,1-3H3,(H,33,37). The van der Waals surface area contributed by atoms with Gasteiger partial charge in [-0.15, -0.1) is 0 Å². The zero-order valence-corrected chi connectivity index (χ0v) is 24.0. The van der Waals surface area contributed by atoms with Crippen molar-refractivity contribution in [2.45, 2.75) is 31.3 Å². The molecule has 0 spiro atoms. The van der Waals surface area contributed by atoms with Crippen molar-refractivity contribution >= 4 is 27.5 Å². The minimum atomic E-state index is -4.14. The maximum atomic E-state index is 13.9. The lowest BCUT2D eigenvalue weighted by Crippen LogP contribution is -2.50. The molecular formula is C32H33N3O5S. The van der Waals surface area contributed by atoms with Gasteiger partial charge in [0.05, 0.1) is 10.6 Å². The highest BCUT2D eigenvalue weighted by Gasteiger charge is 2.32. The number of nitrogens with zero attached hydrogens (tertiary/aromatic N) is 2. The first-order valence-corrected chi connectivity index (χ1v) is 14.6. The van der Waals surface area contributed by atoms with E-state index in [1.54, 1.807) is 49.4 Å². The van der Waals surface area contributed by atoms with Crippen molar-refractivity contribution in [3.63, 3.8) is 0 Å². The Hall–Kier alpha value is -4.63. The second-order valence-electron chi connectivity index (χ2n) is 9.53. The van der Waals surface area contributed by atoms with Gasteiger partial charge >= 0.3 is 0 Å². The largest absolute Gasteiger partial charge is 0.457 e. The van der Waals surface area contributed by atoms with Gasteiger partial charge in [0, 0.05) is 13.6 Å². The molecule has 0 fully saturated rings. The number of anilines is 1. The lowest BCUT2D eigenvalue weighted by Gasteiger charge is -2.31. The van der Waals surface area contributed by atoms with Gasteiger partial charge in [0.2, 0.25) is 11.8 Å². The third kappa shape index (κ3) is 7.32. The molecule has 212 valence electrons. The number of hydrogen-bond donors (Lipinski definition) is 1. The molecule has 0 aliphatic rings. The van der Waals surface area contributed by atoms with Crippen LogP contribution in [-0.2, 0) is 26.2 Å². The van der Waals surface area contributed by atoms with Gasteiger partial charge in [0.25, 0.3) is 10.0 Å². The Balaban J connectivity index is 1.68. The van der Waals surface area contributed by atoms with Crippen LogP contribution in [0.5, 0.6) is 11.5 Å². The molecule has 0 aliphatic heterocycles.